The molecule has 0 aliphatic heterocycles. The molecular formula is C13H10BrFO3S. The lowest BCUT2D eigenvalue weighted by Gasteiger charge is -2.07. The minimum absolute atomic E-state index is 0.0499. The summed E-state index contributed by atoms with van der Waals surface area (Å²) in [4.78, 5) is 0.0542. The van der Waals surface area contributed by atoms with E-state index in [4.69, 9.17) is 4.18 Å². The Labute approximate surface area is 119 Å². The van der Waals surface area contributed by atoms with E-state index in [1.165, 1.54) is 24.3 Å². The number of rotatable bonds is 3. The summed E-state index contributed by atoms with van der Waals surface area (Å²) in [6.07, 6.45) is 0. The van der Waals surface area contributed by atoms with Crippen molar-refractivity contribution in [3.63, 3.8) is 0 Å². The van der Waals surface area contributed by atoms with Gasteiger partial charge in [0.25, 0.3) is 0 Å². The summed E-state index contributed by atoms with van der Waals surface area (Å²) < 4.78 is 42.1. The van der Waals surface area contributed by atoms with Crippen LogP contribution in [0.25, 0.3) is 0 Å². The van der Waals surface area contributed by atoms with E-state index in [9.17, 15) is 12.8 Å². The van der Waals surface area contributed by atoms with Crippen molar-refractivity contribution in [1.82, 2.24) is 0 Å². The fraction of sp³-hybridized carbons (Fsp3) is 0.0769. The highest BCUT2D eigenvalue weighted by Gasteiger charge is 2.16. The molecule has 0 aliphatic rings. The first-order chi connectivity index (χ1) is 8.88. The average Bonchev–Trinajstić information content (AvgIpc) is 2.34. The number of aryl methyl sites for hydroxylation is 1. The van der Waals surface area contributed by atoms with Gasteiger partial charge in [-0.1, -0.05) is 17.7 Å². The molecule has 0 aliphatic carbocycles. The second-order valence-electron chi connectivity index (χ2n) is 3.93. The van der Waals surface area contributed by atoms with Crippen molar-refractivity contribution in [2.24, 2.45) is 0 Å². The molecule has 0 bridgehead atoms. The Balaban J connectivity index is 2.30. The summed E-state index contributed by atoms with van der Waals surface area (Å²) in [7, 11) is -3.90. The van der Waals surface area contributed by atoms with Crippen LogP contribution in [0, 0.1) is 12.7 Å². The molecule has 0 saturated heterocycles. The monoisotopic (exact) mass is 344 g/mol. The maximum atomic E-state index is 13.0. The highest BCUT2D eigenvalue weighted by Crippen LogP contribution is 2.24. The highest BCUT2D eigenvalue weighted by atomic mass is 79.9. The van der Waals surface area contributed by atoms with E-state index in [1.807, 2.05) is 6.92 Å². The Bertz CT molecular complexity index is 696. The van der Waals surface area contributed by atoms with Crippen LogP contribution in [0.5, 0.6) is 5.75 Å². The molecule has 6 heteroatoms. The molecule has 0 amide bonds. The third-order valence-electron chi connectivity index (χ3n) is 2.41. The Morgan fingerprint density at radius 2 is 1.74 bits per heavy atom. The van der Waals surface area contributed by atoms with E-state index in [0.717, 1.165) is 11.6 Å². The quantitative estimate of drug-likeness (QED) is 0.798. The molecule has 2 aromatic carbocycles. The number of hydrogen-bond acceptors (Lipinski definition) is 3. The minimum atomic E-state index is -3.90. The SMILES string of the molecule is Cc1ccc(S(=O)(=O)Oc2ccc(F)c(Br)c2)cc1. The fourth-order valence-corrected chi connectivity index (χ4v) is 2.69. The average molecular weight is 345 g/mol. The van der Waals surface area contributed by atoms with Crippen LogP contribution in [0.1, 0.15) is 5.56 Å². The van der Waals surface area contributed by atoms with Crippen molar-refractivity contribution in [3.05, 3.63) is 58.3 Å². The zero-order valence-corrected chi connectivity index (χ0v) is 12.3. The van der Waals surface area contributed by atoms with Gasteiger partial charge in [-0.15, -0.1) is 0 Å². The highest BCUT2D eigenvalue weighted by molar-refractivity contribution is 9.10. The van der Waals surface area contributed by atoms with Gasteiger partial charge in [-0.3, -0.25) is 0 Å². The van der Waals surface area contributed by atoms with Gasteiger partial charge in [0.05, 0.1) is 4.47 Å². The van der Waals surface area contributed by atoms with Crippen LogP contribution >= 0.6 is 15.9 Å². The largest absolute Gasteiger partial charge is 0.379 e. The van der Waals surface area contributed by atoms with E-state index >= 15 is 0 Å². The molecule has 0 atom stereocenters. The second kappa shape index (κ2) is 5.30. The lowest BCUT2D eigenvalue weighted by Crippen LogP contribution is -2.09. The van der Waals surface area contributed by atoms with Gasteiger partial charge in [0.15, 0.2) is 0 Å². The number of benzene rings is 2. The topological polar surface area (TPSA) is 43.4 Å². The van der Waals surface area contributed by atoms with Gasteiger partial charge in [0.2, 0.25) is 0 Å². The Morgan fingerprint density at radius 3 is 2.32 bits per heavy atom. The molecule has 3 nitrogen and oxygen atoms in total. The molecular weight excluding hydrogens is 335 g/mol. The molecule has 0 unspecified atom stereocenters. The Hall–Kier alpha value is -1.40. The summed E-state index contributed by atoms with van der Waals surface area (Å²) in [5, 5.41) is 0. The zero-order chi connectivity index (χ0) is 14.0. The Morgan fingerprint density at radius 1 is 1.11 bits per heavy atom. The minimum Gasteiger partial charge on any atom is -0.379 e. The molecule has 0 N–H and O–H groups in total. The van der Waals surface area contributed by atoms with Gasteiger partial charge in [-0.25, -0.2) is 4.39 Å². The van der Waals surface area contributed by atoms with Gasteiger partial charge >= 0.3 is 10.1 Å². The van der Waals surface area contributed by atoms with E-state index in [-0.39, 0.29) is 15.1 Å². The van der Waals surface area contributed by atoms with Crippen LogP contribution < -0.4 is 4.18 Å². The smallest absolute Gasteiger partial charge is 0.339 e. The number of hydrogen-bond donors (Lipinski definition) is 0. The molecule has 0 spiro atoms. The van der Waals surface area contributed by atoms with E-state index in [0.29, 0.717) is 0 Å². The first-order valence-electron chi connectivity index (χ1n) is 5.35. The molecule has 19 heavy (non-hydrogen) atoms. The molecule has 2 aromatic rings. The molecule has 0 saturated carbocycles. The maximum absolute atomic E-state index is 13.0. The molecule has 2 rings (SSSR count). The molecule has 0 aromatic heterocycles. The van der Waals surface area contributed by atoms with E-state index in [1.54, 1.807) is 12.1 Å². The molecule has 0 radical (unpaired) electrons. The maximum Gasteiger partial charge on any atom is 0.339 e. The lowest BCUT2D eigenvalue weighted by molar-refractivity contribution is 0.484. The van der Waals surface area contributed by atoms with Gasteiger partial charge in [0.1, 0.15) is 16.5 Å². The normalized spacial score (nSPS) is 11.3. The van der Waals surface area contributed by atoms with E-state index in [2.05, 4.69) is 15.9 Å². The van der Waals surface area contributed by atoms with Crippen molar-refractivity contribution in [2.45, 2.75) is 11.8 Å². The lowest BCUT2D eigenvalue weighted by atomic mass is 10.2. The Kier molecular flexibility index (Phi) is 3.91. The van der Waals surface area contributed by atoms with Gasteiger partial charge in [-0.2, -0.15) is 8.42 Å². The second-order valence-corrected chi connectivity index (χ2v) is 6.33. The van der Waals surface area contributed by atoms with Crippen LogP contribution in [0.3, 0.4) is 0 Å². The molecule has 100 valence electrons. The first kappa shape index (κ1) is 14.0. The summed E-state index contributed by atoms with van der Waals surface area (Å²) in [6.45, 7) is 1.86. The molecule has 0 heterocycles. The summed E-state index contributed by atoms with van der Waals surface area (Å²) >= 11 is 2.97. The zero-order valence-electron chi connectivity index (χ0n) is 9.93. The van der Waals surface area contributed by atoms with Crippen LogP contribution in [0.15, 0.2) is 51.8 Å². The van der Waals surface area contributed by atoms with Crippen molar-refractivity contribution in [3.8, 4) is 5.75 Å². The van der Waals surface area contributed by atoms with Crippen LogP contribution in [-0.2, 0) is 10.1 Å². The van der Waals surface area contributed by atoms with Gasteiger partial charge < -0.3 is 4.18 Å². The summed E-state index contributed by atoms with van der Waals surface area (Å²) in [6, 6.07) is 9.93. The van der Waals surface area contributed by atoms with Crippen LogP contribution in [0.2, 0.25) is 0 Å². The summed E-state index contributed by atoms with van der Waals surface area (Å²) in [5.74, 6) is -0.436. The third-order valence-corrected chi connectivity index (χ3v) is 4.28. The van der Waals surface area contributed by atoms with Crippen molar-refractivity contribution >= 4 is 26.0 Å². The van der Waals surface area contributed by atoms with Gasteiger partial charge in [0, 0.05) is 0 Å². The predicted octanol–water partition coefficient (Wildman–Crippen LogP) is 3.66. The molecule has 0 fully saturated rings. The van der Waals surface area contributed by atoms with Crippen molar-refractivity contribution in [1.29, 1.82) is 0 Å². The number of halogens is 2. The predicted molar refractivity (Wildman–Crippen MR) is 73.1 cm³/mol. The van der Waals surface area contributed by atoms with Crippen molar-refractivity contribution in [2.75, 3.05) is 0 Å². The van der Waals surface area contributed by atoms with Crippen molar-refractivity contribution < 1.29 is 17.0 Å². The summed E-state index contributed by atoms with van der Waals surface area (Å²) in [5.41, 5.74) is 0.948. The van der Waals surface area contributed by atoms with Crippen LogP contribution in [-0.4, -0.2) is 8.42 Å². The third kappa shape index (κ3) is 3.33. The first-order valence-corrected chi connectivity index (χ1v) is 7.55. The standard InChI is InChI=1S/C13H10BrFO3S/c1-9-2-5-11(6-3-9)19(16,17)18-10-4-7-13(15)12(14)8-10/h2-8H,1H3. The fourth-order valence-electron chi connectivity index (χ4n) is 1.41. The van der Waals surface area contributed by atoms with Gasteiger partial charge in [-0.05, 0) is 53.2 Å². The van der Waals surface area contributed by atoms with Crippen LogP contribution in [0.4, 0.5) is 4.39 Å². The van der Waals surface area contributed by atoms with E-state index < -0.39 is 15.9 Å².